The van der Waals surface area contributed by atoms with Crippen molar-refractivity contribution in [3.8, 4) is 0 Å². The van der Waals surface area contributed by atoms with E-state index in [1.807, 2.05) is 0 Å². The van der Waals surface area contributed by atoms with Crippen LogP contribution in [0.1, 0.15) is 39.6 Å². The van der Waals surface area contributed by atoms with Gasteiger partial charge in [0.05, 0.1) is 13.2 Å². The van der Waals surface area contributed by atoms with Crippen LogP contribution in [0.25, 0.3) is 0 Å². The van der Waals surface area contributed by atoms with Crippen LogP contribution >= 0.6 is 11.3 Å². The largest absolute Gasteiger partial charge is 0.476 e. The number of amides is 1. The van der Waals surface area contributed by atoms with E-state index in [1.165, 1.54) is 17.8 Å². The molecule has 7 heteroatoms. The first-order valence-corrected chi connectivity index (χ1v) is 7.97. The summed E-state index contributed by atoms with van der Waals surface area (Å²) < 4.78 is 5.61. The Labute approximate surface area is 126 Å². The van der Waals surface area contributed by atoms with Gasteiger partial charge in [-0.15, -0.1) is 11.3 Å². The van der Waals surface area contributed by atoms with Gasteiger partial charge in [0.2, 0.25) is 5.91 Å². The molecule has 3 rings (SSSR count). The van der Waals surface area contributed by atoms with Gasteiger partial charge in [0.1, 0.15) is 11.1 Å². The van der Waals surface area contributed by atoms with Crippen LogP contribution in [-0.2, 0) is 16.1 Å². The van der Waals surface area contributed by atoms with Crippen LogP contribution in [0.2, 0.25) is 0 Å². The molecule has 0 aromatic carbocycles. The van der Waals surface area contributed by atoms with Gasteiger partial charge < -0.3 is 15.2 Å². The summed E-state index contributed by atoms with van der Waals surface area (Å²) in [5, 5.41) is 12.4. The number of carboxylic acids is 1. The molecule has 2 fully saturated rings. The number of nitrogens with one attached hydrogen (secondary N) is 1. The van der Waals surface area contributed by atoms with Gasteiger partial charge in [0.25, 0.3) is 0 Å². The van der Waals surface area contributed by atoms with Crippen LogP contribution < -0.4 is 5.32 Å². The van der Waals surface area contributed by atoms with Crippen LogP contribution in [0.5, 0.6) is 0 Å². The minimum absolute atomic E-state index is 0.0669. The molecule has 21 heavy (non-hydrogen) atoms. The van der Waals surface area contributed by atoms with Crippen molar-refractivity contribution in [3.05, 3.63) is 15.6 Å². The van der Waals surface area contributed by atoms with Crippen molar-refractivity contribution >= 4 is 23.2 Å². The molecule has 2 heterocycles. The maximum Gasteiger partial charge on any atom is 0.355 e. The number of ether oxygens (including phenoxy) is 1. The maximum absolute atomic E-state index is 12.2. The van der Waals surface area contributed by atoms with Gasteiger partial charge in [-0.05, 0) is 31.6 Å². The minimum Gasteiger partial charge on any atom is -0.476 e. The lowest BCUT2D eigenvalue weighted by Crippen LogP contribution is -2.37. The number of hydrogen-bond donors (Lipinski definition) is 2. The molecule has 0 spiro atoms. The molecule has 1 aromatic heterocycles. The number of aryl methyl sites for hydroxylation is 1. The molecule has 1 saturated heterocycles. The van der Waals surface area contributed by atoms with Crippen molar-refractivity contribution in [2.75, 3.05) is 6.61 Å². The zero-order valence-corrected chi connectivity index (χ0v) is 12.6. The van der Waals surface area contributed by atoms with E-state index in [-0.39, 0.29) is 24.2 Å². The third-order valence-electron chi connectivity index (χ3n) is 4.31. The van der Waals surface area contributed by atoms with E-state index in [0.29, 0.717) is 28.3 Å². The fraction of sp³-hybridized carbons (Fsp3) is 0.643. The summed E-state index contributed by atoms with van der Waals surface area (Å²) in [5.41, 5.74) is 0.0669. The number of hydrogen-bond acceptors (Lipinski definition) is 5. The molecule has 0 unspecified atom stereocenters. The minimum atomic E-state index is -1.03. The Morgan fingerprint density at radius 1 is 1.48 bits per heavy atom. The molecular weight excluding hydrogens is 292 g/mol. The molecule has 6 nitrogen and oxygen atoms in total. The summed E-state index contributed by atoms with van der Waals surface area (Å²) in [5.74, 6) is -0.262. The van der Waals surface area contributed by atoms with Crippen molar-refractivity contribution in [1.29, 1.82) is 0 Å². The Bertz CT molecular complexity index is 571. The van der Waals surface area contributed by atoms with Crippen molar-refractivity contribution in [2.24, 2.45) is 11.8 Å². The molecule has 1 aromatic rings. The van der Waals surface area contributed by atoms with Crippen molar-refractivity contribution in [3.63, 3.8) is 0 Å². The van der Waals surface area contributed by atoms with Crippen molar-refractivity contribution in [1.82, 2.24) is 10.3 Å². The number of aromatic nitrogens is 1. The van der Waals surface area contributed by atoms with Gasteiger partial charge >= 0.3 is 5.97 Å². The second-order valence-electron chi connectivity index (χ2n) is 5.64. The molecule has 0 radical (unpaired) electrons. The van der Waals surface area contributed by atoms with E-state index in [1.54, 1.807) is 6.92 Å². The highest BCUT2D eigenvalue weighted by molar-refractivity contribution is 7.11. The highest BCUT2D eigenvalue weighted by Crippen LogP contribution is 2.40. The number of rotatable bonds is 4. The second-order valence-corrected chi connectivity index (χ2v) is 6.93. The topological polar surface area (TPSA) is 88.5 Å². The van der Waals surface area contributed by atoms with E-state index >= 15 is 0 Å². The number of fused-ring (bicyclic) bond motifs is 1. The van der Waals surface area contributed by atoms with Gasteiger partial charge in [-0.25, -0.2) is 9.78 Å². The highest BCUT2D eigenvalue weighted by atomic mass is 32.1. The first-order valence-electron chi connectivity index (χ1n) is 7.15. The first-order chi connectivity index (χ1) is 10.1. The lowest BCUT2D eigenvalue weighted by molar-refractivity contribution is -0.132. The number of carbonyl (C=O) groups excluding carboxylic acids is 1. The fourth-order valence-electron chi connectivity index (χ4n) is 3.28. The molecule has 2 aliphatic rings. The Balaban J connectivity index is 1.59. The quantitative estimate of drug-likeness (QED) is 0.881. The lowest BCUT2D eigenvalue weighted by Gasteiger charge is -2.16. The second kappa shape index (κ2) is 5.73. The number of thiazole rings is 1. The molecule has 1 aliphatic carbocycles. The predicted molar refractivity (Wildman–Crippen MR) is 76.2 cm³/mol. The van der Waals surface area contributed by atoms with Crippen LogP contribution in [0.3, 0.4) is 0 Å². The summed E-state index contributed by atoms with van der Waals surface area (Å²) in [6.45, 7) is 2.66. The van der Waals surface area contributed by atoms with Crippen molar-refractivity contribution in [2.45, 2.75) is 38.8 Å². The third-order valence-corrected chi connectivity index (χ3v) is 5.28. The van der Waals surface area contributed by atoms with Crippen LogP contribution in [0, 0.1) is 18.8 Å². The van der Waals surface area contributed by atoms with E-state index < -0.39 is 5.97 Å². The zero-order chi connectivity index (χ0) is 15.0. The van der Waals surface area contributed by atoms with Crippen molar-refractivity contribution < 1.29 is 19.4 Å². The van der Waals surface area contributed by atoms with E-state index in [9.17, 15) is 9.59 Å². The maximum atomic E-state index is 12.2. The van der Waals surface area contributed by atoms with Crippen LogP contribution in [0.4, 0.5) is 0 Å². The number of carboxylic acid groups (broad SMARTS) is 1. The Morgan fingerprint density at radius 3 is 3.00 bits per heavy atom. The Kier molecular flexibility index (Phi) is 3.95. The molecule has 1 aliphatic heterocycles. The first kappa shape index (κ1) is 14.5. The average molecular weight is 310 g/mol. The number of nitrogens with zero attached hydrogens (tertiary/aromatic N) is 1. The molecule has 1 saturated carbocycles. The van der Waals surface area contributed by atoms with Gasteiger partial charge in [-0.1, -0.05) is 6.42 Å². The predicted octanol–water partition coefficient (Wildman–Crippen LogP) is 1.58. The average Bonchev–Trinajstić information content (AvgIpc) is 3.09. The molecule has 0 bridgehead atoms. The summed E-state index contributed by atoms with van der Waals surface area (Å²) >= 11 is 1.30. The smallest absolute Gasteiger partial charge is 0.355 e. The normalized spacial score (nSPS) is 27.6. The molecule has 114 valence electrons. The Morgan fingerprint density at radius 2 is 2.29 bits per heavy atom. The highest BCUT2D eigenvalue weighted by Gasteiger charge is 2.43. The van der Waals surface area contributed by atoms with Gasteiger partial charge in [0.15, 0.2) is 5.69 Å². The molecule has 2 N–H and O–H groups in total. The summed E-state index contributed by atoms with van der Waals surface area (Å²) in [6.07, 6.45) is 3.04. The third kappa shape index (κ3) is 2.80. The molecular formula is C14H18N2O4S. The standard InChI is InChI=1S/C14H18N2O4S/c1-7-11(14(18)19)16-10(21-7)5-15-13(17)12-9-4-2-3-8(9)6-20-12/h8-9,12H,2-6H2,1H3,(H,15,17)(H,18,19)/t8-,9-,12+/m0/s1. The molecule has 1 amide bonds. The van der Waals surface area contributed by atoms with Crippen LogP contribution in [-0.4, -0.2) is 34.7 Å². The zero-order valence-electron chi connectivity index (χ0n) is 11.8. The van der Waals surface area contributed by atoms with E-state index in [0.717, 1.165) is 12.8 Å². The van der Waals surface area contributed by atoms with Gasteiger partial charge in [-0.3, -0.25) is 4.79 Å². The van der Waals surface area contributed by atoms with Crippen LogP contribution in [0.15, 0.2) is 0 Å². The fourth-order valence-corrected chi connectivity index (χ4v) is 4.14. The summed E-state index contributed by atoms with van der Waals surface area (Å²) in [4.78, 5) is 27.8. The summed E-state index contributed by atoms with van der Waals surface area (Å²) in [6, 6.07) is 0. The lowest BCUT2D eigenvalue weighted by atomic mass is 9.94. The van der Waals surface area contributed by atoms with Gasteiger partial charge in [-0.2, -0.15) is 0 Å². The number of carbonyl (C=O) groups is 2. The summed E-state index contributed by atoms with van der Waals surface area (Å²) in [7, 11) is 0. The van der Waals surface area contributed by atoms with Gasteiger partial charge in [0, 0.05) is 4.88 Å². The van der Waals surface area contributed by atoms with E-state index in [2.05, 4.69) is 10.3 Å². The SMILES string of the molecule is Cc1sc(CNC(=O)[C@@H]2OC[C@@H]3CCC[C@@H]32)nc1C(=O)O. The number of aromatic carboxylic acids is 1. The Hall–Kier alpha value is -1.47. The molecule has 3 atom stereocenters. The monoisotopic (exact) mass is 310 g/mol. The van der Waals surface area contributed by atoms with E-state index in [4.69, 9.17) is 9.84 Å².